The van der Waals surface area contributed by atoms with E-state index in [1.165, 1.54) is 0 Å². The molecule has 0 N–H and O–H groups in total. The van der Waals surface area contributed by atoms with Gasteiger partial charge in [-0.1, -0.05) is 20.8 Å². The zero-order chi connectivity index (χ0) is 10.2. The summed E-state index contributed by atoms with van der Waals surface area (Å²) < 4.78 is 14.1. The Bertz CT molecular complexity index is 331. The lowest BCUT2D eigenvalue weighted by Crippen LogP contribution is -2.18. The Kier molecular flexibility index (Phi) is 2.71. The van der Waals surface area contributed by atoms with Gasteiger partial charge in [0.25, 0.3) is 0 Å². The molecule has 0 radical (unpaired) electrons. The minimum atomic E-state index is -0.303. The van der Waals surface area contributed by atoms with Gasteiger partial charge in [-0.05, 0) is 22.9 Å². The molecule has 1 rings (SSSR count). The molecular weight excluding hydrogens is 235 g/mol. The topological polar surface area (TPSA) is 25.8 Å². The van der Waals surface area contributed by atoms with Crippen LogP contribution in [-0.4, -0.2) is 10.2 Å². The van der Waals surface area contributed by atoms with E-state index in [1.807, 2.05) is 20.8 Å². The molecule has 0 fully saturated rings. The van der Waals surface area contributed by atoms with Gasteiger partial charge >= 0.3 is 0 Å². The smallest absolute Gasteiger partial charge is 0.152 e. The van der Waals surface area contributed by atoms with E-state index in [2.05, 4.69) is 26.1 Å². The third kappa shape index (κ3) is 2.05. The standard InChI is InChI=1S/C9H12BrFN2/c1-5-6(11)7(9(2,3)4)12-13-8(5)10/h1-4H3. The lowest BCUT2D eigenvalue weighted by Gasteiger charge is -2.18. The molecule has 1 heterocycles. The van der Waals surface area contributed by atoms with Crippen molar-refractivity contribution >= 4 is 15.9 Å². The fraction of sp³-hybridized carbons (Fsp3) is 0.556. The van der Waals surface area contributed by atoms with Gasteiger partial charge in [0.2, 0.25) is 0 Å². The maximum atomic E-state index is 13.6. The van der Waals surface area contributed by atoms with Gasteiger partial charge in [-0.2, -0.15) is 5.10 Å². The molecule has 0 saturated carbocycles. The molecule has 0 saturated heterocycles. The first-order chi connectivity index (χ1) is 5.84. The predicted molar refractivity (Wildman–Crippen MR) is 53.1 cm³/mol. The summed E-state index contributed by atoms with van der Waals surface area (Å²) in [5.41, 5.74) is 0.621. The third-order valence-corrected chi connectivity index (χ3v) is 2.55. The van der Waals surface area contributed by atoms with Crippen molar-refractivity contribution in [2.75, 3.05) is 0 Å². The minimum Gasteiger partial charge on any atom is -0.204 e. The Morgan fingerprint density at radius 3 is 2.23 bits per heavy atom. The number of hydrogen-bond donors (Lipinski definition) is 0. The highest BCUT2D eigenvalue weighted by atomic mass is 79.9. The molecule has 0 aromatic carbocycles. The van der Waals surface area contributed by atoms with Crippen molar-refractivity contribution in [1.29, 1.82) is 0 Å². The first-order valence-electron chi connectivity index (χ1n) is 4.03. The van der Waals surface area contributed by atoms with Gasteiger partial charge in [-0.25, -0.2) is 4.39 Å². The van der Waals surface area contributed by atoms with Gasteiger partial charge < -0.3 is 0 Å². The van der Waals surface area contributed by atoms with E-state index in [-0.39, 0.29) is 11.2 Å². The zero-order valence-corrected chi connectivity index (χ0v) is 9.74. The average Bonchev–Trinajstić information content (AvgIpc) is 1.98. The molecule has 0 unspecified atom stereocenters. The quantitative estimate of drug-likeness (QED) is 0.704. The summed E-state index contributed by atoms with van der Waals surface area (Å²) in [5.74, 6) is -0.269. The van der Waals surface area contributed by atoms with E-state index in [1.54, 1.807) is 6.92 Å². The number of halogens is 2. The van der Waals surface area contributed by atoms with E-state index in [0.717, 1.165) is 0 Å². The van der Waals surface area contributed by atoms with Crippen molar-refractivity contribution in [2.24, 2.45) is 0 Å². The summed E-state index contributed by atoms with van der Waals surface area (Å²) in [6, 6.07) is 0. The molecular formula is C9H12BrFN2. The van der Waals surface area contributed by atoms with Crippen LogP contribution < -0.4 is 0 Å². The van der Waals surface area contributed by atoms with Crippen LogP contribution >= 0.6 is 15.9 Å². The summed E-state index contributed by atoms with van der Waals surface area (Å²) >= 11 is 3.13. The van der Waals surface area contributed by atoms with Gasteiger partial charge in [-0.15, -0.1) is 5.10 Å². The Morgan fingerprint density at radius 2 is 1.77 bits per heavy atom. The normalized spacial score (nSPS) is 11.8. The lowest BCUT2D eigenvalue weighted by atomic mass is 9.91. The summed E-state index contributed by atoms with van der Waals surface area (Å²) in [6.07, 6.45) is 0. The second-order valence-electron chi connectivity index (χ2n) is 4.03. The van der Waals surface area contributed by atoms with Crippen molar-refractivity contribution in [2.45, 2.75) is 33.1 Å². The molecule has 0 aliphatic heterocycles. The van der Waals surface area contributed by atoms with Gasteiger partial charge in [0.05, 0.1) is 0 Å². The van der Waals surface area contributed by atoms with E-state index in [4.69, 9.17) is 0 Å². The van der Waals surface area contributed by atoms with E-state index in [9.17, 15) is 4.39 Å². The molecule has 1 aromatic heterocycles. The molecule has 0 spiro atoms. The van der Waals surface area contributed by atoms with Crippen molar-refractivity contribution in [1.82, 2.24) is 10.2 Å². The first-order valence-corrected chi connectivity index (χ1v) is 4.82. The van der Waals surface area contributed by atoms with Crippen LogP contribution in [0, 0.1) is 12.7 Å². The predicted octanol–water partition coefficient (Wildman–Crippen LogP) is 2.98. The van der Waals surface area contributed by atoms with E-state index < -0.39 is 0 Å². The third-order valence-electron chi connectivity index (χ3n) is 1.79. The molecule has 4 heteroatoms. The van der Waals surface area contributed by atoms with Crippen molar-refractivity contribution < 1.29 is 4.39 Å². The molecule has 0 aliphatic carbocycles. The van der Waals surface area contributed by atoms with Crippen LogP contribution in [-0.2, 0) is 5.41 Å². The van der Waals surface area contributed by atoms with E-state index >= 15 is 0 Å². The SMILES string of the molecule is Cc1c(Br)nnc(C(C)(C)C)c1F. The van der Waals surface area contributed by atoms with Crippen LogP contribution in [0.4, 0.5) is 4.39 Å². The van der Waals surface area contributed by atoms with Gasteiger partial charge in [0, 0.05) is 11.0 Å². The van der Waals surface area contributed by atoms with Crippen LogP contribution in [0.2, 0.25) is 0 Å². The summed E-state index contributed by atoms with van der Waals surface area (Å²) in [5, 5.41) is 7.67. The highest BCUT2D eigenvalue weighted by Crippen LogP contribution is 2.26. The minimum absolute atomic E-state index is 0.269. The van der Waals surface area contributed by atoms with Crippen molar-refractivity contribution in [3.8, 4) is 0 Å². The van der Waals surface area contributed by atoms with E-state index in [0.29, 0.717) is 15.9 Å². The van der Waals surface area contributed by atoms with Gasteiger partial charge in [-0.3, -0.25) is 0 Å². The summed E-state index contributed by atoms with van der Waals surface area (Å²) in [4.78, 5) is 0. The van der Waals surface area contributed by atoms with Crippen LogP contribution in [0.3, 0.4) is 0 Å². The first kappa shape index (κ1) is 10.6. The van der Waals surface area contributed by atoms with Crippen molar-refractivity contribution in [3.63, 3.8) is 0 Å². The second kappa shape index (κ2) is 3.33. The molecule has 1 aromatic rings. The maximum absolute atomic E-state index is 13.6. The van der Waals surface area contributed by atoms with Crippen LogP contribution in [0.15, 0.2) is 4.60 Å². The fourth-order valence-corrected chi connectivity index (χ4v) is 1.21. The van der Waals surface area contributed by atoms with Crippen molar-refractivity contribution in [3.05, 3.63) is 21.7 Å². The Balaban J connectivity index is 3.35. The molecule has 0 bridgehead atoms. The van der Waals surface area contributed by atoms with Crippen LogP contribution in [0.1, 0.15) is 32.0 Å². The molecule has 72 valence electrons. The largest absolute Gasteiger partial charge is 0.204 e. The molecule has 0 atom stereocenters. The van der Waals surface area contributed by atoms with Gasteiger partial charge in [0.15, 0.2) is 5.82 Å². The lowest BCUT2D eigenvalue weighted by molar-refractivity contribution is 0.486. The monoisotopic (exact) mass is 246 g/mol. The summed E-state index contributed by atoms with van der Waals surface area (Å²) in [6.45, 7) is 7.41. The Labute approximate surface area is 85.7 Å². The Morgan fingerprint density at radius 1 is 1.23 bits per heavy atom. The second-order valence-corrected chi connectivity index (χ2v) is 4.78. The maximum Gasteiger partial charge on any atom is 0.152 e. The molecule has 0 amide bonds. The number of rotatable bonds is 0. The number of hydrogen-bond acceptors (Lipinski definition) is 2. The highest BCUT2D eigenvalue weighted by Gasteiger charge is 2.23. The fourth-order valence-electron chi connectivity index (χ4n) is 0.960. The number of aromatic nitrogens is 2. The van der Waals surface area contributed by atoms with Crippen LogP contribution in [0.25, 0.3) is 0 Å². The average molecular weight is 247 g/mol. The summed E-state index contributed by atoms with van der Waals surface area (Å²) in [7, 11) is 0. The van der Waals surface area contributed by atoms with Crippen LogP contribution in [0.5, 0.6) is 0 Å². The highest BCUT2D eigenvalue weighted by molar-refractivity contribution is 9.10. The zero-order valence-electron chi connectivity index (χ0n) is 8.15. The van der Waals surface area contributed by atoms with Gasteiger partial charge in [0.1, 0.15) is 10.3 Å². The molecule has 2 nitrogen and oxygen atoms in total. The Hall–Kier alpha value is -0.510. The molecule has 0 aliphatic rings. The molecule has 13 heavy (non-hydrogen) atoms. The number of nitrogens with zero attached hydrogens (tertiary/aromatic N) is 2.